The van der Waals surface area contributed by atoms with Gasteiger partial charge < -0.3 is 10.4 Å². The van der Waals surface area contributed by atoms with Crippen molar-refractivity contribution >= 4 is 0 Å². The van der Waals surface area contributed by atoms with Crippen molar-refractivity contribution in [3.8, 4) is 5.69 Å². The molecule has 1 aliphatic rings. The van der Waals surface area contributed by atoms with Crippen molar-refractivity contribution in [1.82, 2.24) is 15.1 Å². The van der Waals surface area contributed by atoms with Gasteiger partial charge in [-0.3, -0.25) is 0 Å². The van der Waals surface area contributed by atoms with E-state index in [2.05, 4.69) is 10.4 Å². The van der Waals surface area contributed by atoms with Crippen molar-refractivity contribution in [1.29, 1.82) is 0 Å². The molecule has 1 fully saturated rings. The first-order valence-electron chi connectivity index (χ1n) is 7.37. The van der Waals surface area contributed by atoms with E-state index < -0.39 is 5.60 Å². The molecule has 1 saturated carbocycles. The summed E-state index contributed by atoms with van der Waals surface area (Å²) >= 11 is 0. The second-order valence-corrected chi connectivity index (χ2v) is 5.80. The second-order valence-electron chi connectivity index (χ2n) is 5.80. The summed E-state index contributed by atoms with van der Waals surface area (Å²) in [6.45, 7) is 1.29. The number of rotatable bonds is 5. The highest BCUT2D eigenvalue weighted by molar-refractivity contribution is 5.31. The molecule has 1 aromatic heterocycles. The molecule has 0 radical (unpaired) electrons. The Morgan fingerprint density at radius 2 is 1.95 bits per heavy atom. The predicted octanol–water partition coefficient (Wildman–Crippen LogP) is 2.41. The standard InChI is InChI=1S/C16H20FN3O/c17-14-3-5-15(6-4-14)20-11-13(10-19-20)9-18-12-16(21)7-1-2-8-16/h3-6,10-11,18,21H,1-2,7-9,12H2. The quantitative estimate of drug-likeness (QED) is 0.888. The lowest BCUT2D eigenvalue weighted by Gasteiger charge is -2.22. The summed E-state index contributed by atoms with van der Waals surface area (Å²) in [5.41, 5.74) is 1.34. The predicted molar refractivity (Wildman–Crippen MR) is 78.6 cm³/mol. The van der Waals surface area contributed by atoms with E-state index in [-0.39, 0.29) is 5.82 Å². The average Bonchev–Trinajstić information content (AvgIpc) is 3.10. The molecule has 2 N–H and O–H groups in total. The Kier molecular flexibility index (Phi) is 4.03. The summed E-state index contributed by atoms with van der Waals surface area (Å²) in [5.74, 6) is -0.252. The first-order chi connectivity index (χ1) is 10.1. The molecule has 21 heavy (non-hydrogen) atoms. The summed E-state index contributed by atoms with van der Waals surface area (Å²) in [6, 6.07) is 6.23. The molecule has 0 aliphatic heterocycles. The molecule has 5 heteroatoms. The normalized spacial score (nSPS) is 17.2. The minimum atomic E-state index is -0.535. The zero-order valence-corrected chi connectivity index (χ0v) is 11.9. The van der Waals surface area contributed by atoms with Gasteiger partial charge in [-0.1, -0.05) is 12.8 Å². The highest BCUT2D eigenvalue weighted by Gasteiger charge is 2.30. The van der Waals surface area contributed by atoms with Gasteiger partial charge in [-0.15, -0.1) is 0 Å². The van der Waals surface area contributed by atoms with Gasteiger partial charge in [-0.05, 0) is 37.1 Å². The largest absolute Gasteiger partial charge is 0.389 e. The van der Waals surface area contributed by atoms with Crippen LogP contribution in [-0.2, 0) is 6.54 Å². The summed E-state index contributed by atoms with van der Waals surface area (Å²) in [5, 5.41) is 17.8. The molecule has 1 heterocycles. The van der Waals surface area contributed by atoms with Crippen molar-refractivity contribution in [2.45, 2.75) is 37.8 Å². The van der Waals surface area contributed by atoms with E-state index in [1.165, 1.54) is 12.1 Å². The minimum absolute atomic E-state index is 0.252. The topological polar surface area (TPSA) is 50.1 Å². The fourth-order valence-electron chi connectivity index (χ4n) is 2.84. The van der Waals surface area contributed by atoms with Gasteiger partial charge in [0.1, 0.15) is 5.82 Å². The van der Waals surface area contributed by atoms with E-state index in [0.717, 1.165) is 36.9 Å². The highest BCUT2D eigenvalue weighted by atomic mass is 19.1. The van der Waals surface area contributed by atoms with Gasteiger partial charge in [-0.25, -0.2) is 9.07 Å². The summed E-state index contributed by atoms with van der Waals surface area (Å²) in [7, 11) is 0. The van der Waals surface area contributed by atoms with Gasteiger partial charge in [0.2, 0.25) is 0 Å². The Bertz CT molecular complexity index is 588. The van der Waals surface area contributed by atoms with Crippen LogP contribution in [0.2, 0.25) is 0 Å². The van der Waals surface area contributed by atoms with Gasteiger partial charge in [0, 0.05) is 24.8 Å². The van der Waals surface area contributed by atoms with Crippen LogP contribution in [0.4, 0.5) is 4.39 Å². The third-order valence-corrected chi connectivity index (χ3v) is 4.04. The van der Waals surface area contributed by atoms with E-state index in [0.29, 0.717) is 13.1 Å². The van der Waals surface area contributed by atoms with Crippen LogP contribution >= 0.6 is 0 Å². The zero-order chi connectivity index (χ0) is 14.7. The first-order valence-corrected chi connectivity index (χ1v) is 7.37. The number of nitrogens with zero attached hydrogens (tertiary/aromatic N) is 2. The van der Waals surface area contributed by atoms with Crippen LogP contribution < -0.4 is 5.32 Å². The van der Waals surface area contributed by atoms with Gasteiger partial charge in [0.15, 0.2) is 0 Å². The van der Waals surface area contributed by atoms with Crippen molar-refractivity contribution in [2.75, 3.05) is 6.54 Å². The maximum absolute atomic E-state index is 12.9. The number of hydrogen-bond donors (Lipinski definition) is 2. The fourth-order valence-corrected chi connectivity index (χ4v) is 2.84. The Labute approximate surface area is 123 Å². The lowest BCUT2D eigenvalue weighted by Crippen LogP contribution is -2.37. The molecule has 0 bridgehead atoms. The molecule has 2 aromatic rings. The minimum Gasteiger partial charge on any atom is -0.389 e. The third-order valence-electron chi connectivity index (χ3n) is 4.04. The SMILES string of the molecule is OC1(CNCc2cnn(-c3ccc(F)cc3)c2)CCCC1. The molecule has 0 unspecified atom stereocenters. The molecular formula is C16H20FN3O. The Balaban J connectivity index is 1.56. The van der Waals surface area contributed by atoms with Gasteiger partial charge in [0.05, 0.1) is 17.5 Å². The number of nitrogens with one attached hydrogen (secondary N) is 1. The molecule has 0 spiro atoms. The van der Waals surface area contributed by atoms with Gasteiger partial charge >= 0.3 is 0 Å². The second kappa shape index (κ2) is 5.95. The van der Waals surface area contributed by atoms with Gasteiger partial charge in [-0.2, -0.15) is 5.10 Å². The maximum atomic E-state index is 12.9. The first kappa shape index (κ1) is 14.2. The third kappa shape index (κ3) is 3.49. The Morgan fingerprint density at radius 3 is 2.67 bits per heavy atom. The fraction of sp³-hybridized carbons (Fsp3) is 0.438. The van der Waals surface area contributed by atoms with Crippen LogP contribution in [-0.4, -0.2) is 27.0 Å². The van der Waals surface area contributed by atoms with Crippen molar-refractivity contribution in [2.24, 2.45) is 0 Å². The number of benzene rings is 1. The number of halogens is 1. The maximum Gasteiger partial charge on any atom is 0.123 e. The van der Waals surface area contributed by atoms with E-state index >= 15 is 0 Å². The molecule has 0 atom stereocenters. The average molecular weight is 289 g/mol. The number of hydrogen-bond acceptors (Lipinski definition) is 3. The summed E-state index contributed by atoms with van der Waals surface area (Å²) in [4.78, 5) is 0. The van der Waals surface area contributed by atoms with Crippen LogP contribution in [0.5, 0.6) is 0 Å². The smallest absolute Gasteiger partial charge is 0.123 e. The lowest BCUT2D eigenvalue weighted by atomic mass is 10.0. The molecule has 112 valence electrons. The van der Waals surface area contributed by atoms with Crippen molar-refractivity contribution in [3.63, 3.8) is 0 Å². The van der Waals surface area contributed by atoms with Crippen LogP contribution in [0.1, 0.15) is 31.2 Å². The van der Waals surface area contributed by atoms with Crippen molar-refractivity contribution < 1.29 is 9.50 Å². The highest BCUT2D eigenvalue weighted by Crippen LogP contribution is 2.28. The molecular weight excluding hydrogens is 269 g/mol. The van der Waals surface area contributed by atoms with Crippen LogP contribution in [0, 0.1) is 5.82 Å². The molecule has 1 aliphatic carbocycles. The Morgan fingerprint density at radius 1 is 1.24 bits per heavy atom. The lowest BCUT2D eigenvalue weighted by molar-refractivity contribution is 0.0475. The van der Waals surface area contributed by atoms with Crippen LogP contribution in [0.3, 0.4) is 0 Å². The van der Waals surface area contributed by atoms with Crippen molar-refractivity contribution in [3.05, 3.63) is 48.0 Å². The zero-order valence-electron chi connectivity index (χ0n) is 11.9. The Hall–Kier alpha value is -1.72. The summed E-state index contributed by atoms with van der Waals surface area (Å²) in [6.07, 6.45) is 7.69. The molecule has 3 rings (SSSR count). The van der Waals surface area contributed by atoms with E-state index in [1.54, 1.807) is 23.0 Å². The van der Waals surface area contributed by atoms with E-state index in [9.17, 15) is 9.50 Å². The molecule has 1 aromatic carbocycles. The van der Waals surface area contributed by atoms with E-state index in [4.69, 9.17) is 0 Å². The molecule has 4 nitrogen and oxygen atoms in total. The summed E-state index contributed by atoms with van der Waals surface area (Å²) < 4.78 is 14.6. The molecule has 0 saturated heterocycles. The van der Waals surface area contributed by atoms with Crippen LogP contribution in [0.15, 0.2) is 36.7 Å². The molecule has 0 amide bonds. The van der Waals surface area contributed by atoms with E-state index in [1.807, 2.05) is 6.20 Å². The number of aliphatic hydroxyl groups is 1. The number of aromatic nitrogens is 2. The monoisotopic (exact) mass is 289 g/mol. The van der Waals surface area contributed by atoms with Gasteiger partial charge in [0.25, 0.3) is 0 Å². The van der Waals surface area contributed by atoms with Crippen LogP contribution in [0.25, 0.3) is 5.69 Å².